The molecule has 1 N–H and O–H groups in total. The van der Waals surface area contributed by atoms with Gasteiger partial charge in [-0.25, -0.2) is 0 Å². The molecule has 0 unspecified atom stereocenters. The van der Waals surface area contributed by atoms with Crippen molar-refractivity contribution in [3.63, 3.8) is 0 Å². The Morgan fingerprint density at radius 2 is 1.83 bits per heavy atom. The molecule has 2 aromatic carbocycles. The van der Waals surface area contributed by atoms with Crippen LogP contribution in [0.2, 0.25) is 5.02 Å². The van der Waals surface area contributed by atoms with Gasteiger partial charge in [0.05, 0.1) is 12.5 Å². The van der Waals surface area contributed by atoms with Gasteiger partial charge in [-0.3, -0.25) is 9.59 Å². The third-order valence-corrected chi connectivity index (χ3v) is 6.29. The first-order chi connectivity index (χ1) is 14.0. The molecule has 0 saturated heterocycles. The monoisotopic (exact) mass is 408 g/mol. The van der Waals surface area contributed by atoms with Crippen molar-refractivity contribution in [3.8, 4) is 0 Å². The second kappa shape index (κ2) is 8.42. The lowest BCUT2D eigenvalue weighted by atomic mass is 9.90. The van der Waals surface area contributed by atoms with Crippen molar-refractivity contribution < 1.29 is 4.79 Å². The maximum Gasteiger partial charge on any atom is 0.252 e. The zero-order valence-corrected chi connectivity index (χ0v) is 17.3. The van der Waals surface area contributed by atoms with E-state index in [-0.39, 0.29) is 23.9 Å². The third-order valence-electron chi connectivity index (χ3n) is 6.04. The van der Waals surface area contributed by atoms with Gasteiger partial charge in [0.15, 0.2) is 0 Å². The summed E-state index contributed by atoms with van der Waals surface area (Å²) < 4.78 is 0. The number of para-hydroxylation sites is 1. The largest absolute Gasteiger partial charge is 0.338 e. The molecule has 150 valence electrons. The van der Waals surface area contributed by atoms with E-state index in [1.807, 2.05) is 66.5 Å². The van der Waals surface area contributed by atoms with E-state index >= 15 is 0 Å². The number of fused-ring (bicyclic) bond motifs is 1. The van der Waals surface area contributed by atoms with E-state index in [1.54, 1.807) is 0 Å². The molecule has 0 spiro atoms. The summed E-state index contributed by atoms with van der Waals surface area (Å²) in [5, 5.41) is 1.62. The number of aromatic amines is 1. The minimum absolute atomic E-state index is 0.00167. The van der Waals surface area contributed by atoms with Gasteiger partial charge in [0.1, 0.15) is 0 Å². The van der Waals surface area contributed by atoms with Gasteiger partial charge in [0.2, 0.25) is 5.91 Å². The Morgan fingerprint density at radius 1 is 1.14 bits per heavy atom. The number of carbonyl (C=O) groups excluding carboxylic acids is 1. The molecule has 0 bridgehead atoms. The van der Waals surface area contributed by atoms with Gasteiger partial charge >= 0.3 is 0 Å². The van der Waals surface area contributed by atoms with Crippen molar-refractivity contribution >= 4 is 28.4 Å². The number of carbonyl (C=O) groups is 1. The number of halogens is 1. The third kappa shape index (κ3) is 4.23. The van der Waals surface area contributed by atoms with Crippen molar-refractivity contribution in [2.75, 3.05) is 7.05 Å². The highest BCUT2D eigenvalue weighted by molar-refractivity contribution is 6.30. The van der Waals surface area contributed by atoms with Gasteiger partial charge in [-0.1, -0.05) is 54.8 Å². The molecule has 4 rings (SSSR count). The number of hydrogen-bond donors (Lipinski definition) is 1. The maximum atomic E-state index is 13.2. The number of amides is 1. The van der Waals surface area contributed by atoms with Crippen LogP contribution in [0.3, 0.4) is 0 Å². The fourth-order valence-corrected chi connectivity index (χ4v) is 4.64. The van der Waals surface area contributed by atoms with Crippen molar-refractivity contribution in [3.05, 3.63) is 81.1 Å². The molecule has 1 saturated carbocycles. The Morgan fingerprint density at radius 3 is 2.55 bits per heavy atom. The van der Waals surface area contributed by atoms with Gasteiger partial charge < -0.3 is 9.88 Å². The van der Waals surface area contributed by atoms with Crippen LogP contribution in [0.1, 0.15) is 42.9 Å². The number of rotatable bonds is 5. The first kappa shape index (κ1) is 19.7. The quantitative estimate of drug-likeness (QED) is 0.637. The van der Waals surface area contributed by atoms with Crippen molar-refractivity contribution in [2.24, 2.45) is 5.92 Å². The second-order valence-corrected chi connectivity index (χ2v) is 8.37. The average Bonchev–Trinajstić information content (AvgIpc) is 3.24. The van der Waals surface area contributed by atoms with Gasteiger partial charge in [-0.15, -0.1) is 0 Å². The second-order valence-electron chi connectivity index (χ2n) is 7.93. The van der Waals surface area contributed by atoms with Crippen LogP contribution in [0.4, 0.5) is 0 Å². The standard InChI is InChI=1S/C24H25ClN2O2/c1-27(23(16-6-2-3-7-16)17-10-12-20(25)13-11-17)22(28)15-19-14-18-8-4-5-9-21(18)26-24(19)29/h4-5,8-14,16,23H,2-3,6-7,15H2,1H3,(H,26,29)/t23-/m0/s1. The number of aromatic nitrogens is 1. The smallest absolute Gasteiger partial charge is 0.252 e. The number of benzene rings is 2. The Bertz CT molecular complexity index is 1070. The molecular formula is C24H25ClN2O2. The molecule has 1 heterocycles. The highest BCUT2D eigenvalue weighted by atomic mass is 35.5. The molecule has 4 nitrogen and oxygen atoms in total. The predicted molar refractivity (Wildman–Crippen MR) is 117 cm³/mol. The van der Waals surface area contributed by atoms with Crippen LogP contribution in [0.5, 0.6) is 0 Å². The highest BCUT2D eigenvalue weighted by Crippen LogP contribution is 2.39. The molecule has 1 atom stereocenters. The molecule has 0 radical (unpaired) electrons. The first-order valence-corrected chi connectivity index (χ1v) is 10.5. The fraction of sp³-hybridized carbons (Fsp3) is 0.333. The Labute approximate surface area is 175 Å². The molecular weight excluding hydrogens is 384 g/mol. The molecule has 1 aliphatic carbocycles. The van der Waals surface area contributed by atoms with Crippen LogP contribution in [-0.2, 0) is 11.2 Å². The Balaban J connectivity index is 1.61. The van der Waals surface area contributed by atoms with E-state index < -0.39 is 0 Å². The summed E-state index contributed by atoms with van der Waals surface area (Å²) in [6.45, 7) is 0. The van der Waals surface area contributed by atoms with Crippen LogP contribution in [0.15, 0.2) is 59.4 Å². The van der Waals surface area contributed by atoms with Gasteiger partial charge in [0, 0.05) is 23.2 Å². The number of nitrogens with one attached hydrogen (secondary N) is 1. The average molecular weight is 409 g/mol. The van der Waals surface area contributed by atoms with Crippen molar-refractivity contribution in [2.45, 2.75) is 38.1 Å². The lowest BCUT2D eigenvalue weighted by molar-refractivity contribution is -0.132. The number of hydrogen-bond acceptors (Lipinski definition) is 2. The zero-order valence-electron chi connectivity index (χ0n) is 16.5. The normalized spacial score (nSPS) is 15.5. The predicted octanol–water partition coefficient (Wildman–Crippen LogP) is 5.11. The zero-order chi connectivity index (χ0) is 20.4. The summed E-state index contributed by atoms with van der Waals surface area (Å²) in [5.41, 5.74) is 2.19. The van der Waals surface area contributed by atoms with Gasteiger partial charge in [-0.05, 0) is 54.0 Å². The van der Waals surface area contributed by atoms with Crippen LogP contribution in [-0.4, -0.2) is 22.8 Å². The molecule has 1 fully saturated rings. The summed E-state index contributed by atoms with van der Waals surface area (Å²) in [6.07, 6.45) is 4.71. The minimum atomic E-state index is -0.200. The number of nitrogens with zero attached hydrogens (tertiary/aromatic N) is 1. The molecule has 5 heteroatoms. The van der Waals surface area contributed by atoms with E-state index in [2.05, 4.69) is 4.98 Å². The van der Waals surface area contributed by atoms with E-state index in [1.165, 1.54) is 12.8 Å². The topological polar surface area (TPSA) is 53.2 Å². The molecule has 3 aromatic rings. The highest BCUT2D eigenvalue weighted by Gasteiger charge is 2.32. The number of likely N-dealkylation sites (N-methyl/N-ethyl adjacent to an activating group) is 1. The summed E-state index contributed by atoms with van der Waals surface area (Å²) in [5.74, 6) is 0.387. The Hall–Kier alpha value is -2.59. The Kier molecular flexibility index (Phi) is 5.72. The summed E-state index contributed by atoms with van der Waals surface area (Å²) in [4.78, 5) is 30.4. The summed E-state index contributed by atoms with van der Waals surface area (Å²) >= 11 is 6.07. The number of H-pyrrole nitrogens is 1. The lowest BCUT2D eigenvalue weighted by Crippen LogP contribution is -2.36. The van der Waals surface area contributed by atoms with Crippen LogP contribution in [0.25, 0.3) is 10.9 Å². The molecule has 29 heavy (non-hydrogen) atoms. The summed E-state index contributed by atoms with van der Waals surface area (Å²) in [6, 6.07) is 17.2. The maximum absolute atomic E-state index is 13.2. The van der Waals surface area contributed by atoms with E-state index in [0.29, 0.717) is 16.5 Å². The van der Waals surface area contributed by atoms with E-state index in [9.17, 15) is 9.59 Å². The van der Waals surface area contributed by atoms with Crippen LogP contribution >= 0.6 is 11.6 Å². The van der Waals surface area contributed by atoms with E-state index in [4.69, 9.17) is 11.6 Å². The molecule has 1 amide bonds. The molecule has 1 aromatic heterocycles. The SMILES string of the molecule is CN(C(=O)Cc1cc2ccccc2[nH]c1=O)[C@H](c1ccc(Cl)cc1)C1CCCC1. The molecule has 1 aliphatic rings. The van der Waals surface area contributed by atoms with Crippen LogP contribution < -0.4 is 5.56 Å². The first-order valence-electron chi connectivity index (χ1n) is 10.1. The van der Waals surface area contributed by atoms with E-state index in [0.717, 1.165) is 29.3 Å². The molecule has 0 aliphatic heterocycles. The van der Waals surface area contributed by atoms with Crippen LogP contribution in [0, 0.1) is 5.92 Å². The lowest BCUT2D eigenvalue weighted by Gasteiger charge is -2.33. The minimum Gasteiger partial charge on any atom is -0.338 e. The van der Waals surface area contributed by atoms with Crippen molar-refractivity contribution in [1.29, 1.82) is 0 Å². The fourth-order valence-electron chi connectivity index (χ4n) is 4.51. The van der Waals surface area contributed by atoms with Crippen molar-refractivity contribution in [1.82, 2.24) is 9.88 Å². The summed E-state index contributed by atoms with van der Waals surface area (Å²) in [7, 11) is 1.86. The number of pyridine rings is 1. The van der Waals surface area contributed by atoms with Gasteiger partial charge in [0.25, 0.3) is 5.56 Å². The van der Waals surface area contributed by atoms with Gasteiger partial charge in [-0.2, -0.15) is 0 Å².